The van der Waals surface area contributed by atoms with Gasteiger partial charge in [0.1, 0.15) is 5.82 Å². The quantitative estimate of drug-likeness (QED) is 0.742. The van der Waals surface area contributed by atoms with E-state index in [1.165, 1.54) is 6.07 Å². The average Bonchev–Trinajstić information content (AvgIpc) is 2.35. The zero-order chi connectivity index (χ0) is 10.1. The Hall–Kier alpha value is -0.250. The lowest BCUT2D eigenvalue weighted by molar-refractivity contribution is 0.174. The van der Waals surface area contributed by atoms with Crippen LogP contribution in [0, 0.1) is 5.82 Å². The van der Waals surface area contributed by atoms with E-state index in [0.29, 0.717) is 23.3 Å². The predicted molar refractivity (Wildman–Crippen MR) is 57.1 cm³/mol. The highest BCUT2D eigenvalue weighted by Crippen LogP contribution is 2.34. The number of benzene rings is 1. The maximum Gasteiger partial charge on any atom is 0.146 e. The minimum atomic E-state index is -0.549. The fourth-order valence-corrected chi connectivity index (χ4v) is 2.80. The standard InChI is InChI=1S/C10H10ClFOS/c11-8-2-1-6-7(10(8)12)5-14-4-3-9(6)13/h1-2,9,13H,3-5H2/t9-/m1/s1. The van der Waals surface area contributed by atoms with E-state index >= 15 is 0 Å². The van der Waals surface area contributed by atoms with Crippen molar-refractivity contribution in [1.82, 2.24) is 0 Å². The Kier molecular flexibility index (Phi) is 3.00. The van der Waals surface area contributed by atoms with Crippen LogP contribution in [0.15, 0.2) is 12.1 Å². The van der Waals surface area contributed by atoms with Gasteiger partial charge in [0.2, 0.25) is 0 Å². The Morgan fingerprint density at radius 2 is 2.29 bits per heavy atom. The van der Waals surface area contributed by atoms with Crippen LogP contribution in [0.4, 0.5) is 4.39 Å². The molecule has 0 aromatic heterocycles. The number of fused-ring (bicyclic) bond motifs is 1. The second-order valence-electron chi connectivity index (χ2n) is 3.29. The average molecular weight is 233 g/mol. The molecule has 0 amide bonds. The molecule has 1 aromatic rings. The molecule has 0 radical (unpaired) electrons. The molecule has 1 heterocycles. The first-order chi connectivity index (χ1) is 6.70. The van der Waals surface area contributed by atoms with Gasteiger partial charge in [0.25, 0.3) is 0 Å². The van der Waals surface area contributed by atoms with Gasteiger partial charge in [-0.25, -0.2) is 4.39 Å². The van der Waals surface area contributed by atoms with Crippen molar-refractivity contribution in [1.29, 1.82) is 0 Å². The van der Waals surface area contributed by atoms with E-state index in [-0.39, 0.29) is 10.8 Å². The summed E-state index contributed by atoms with van der Waals surface area (Å²) in [5.41, 5.74) is 1.25. The molecule has 76 valence electrons. The molecule has 0 unspecified atom stereocenters. The Bertz CT molecular complexity index is 356. The summed E-state index contributed by atoms with van der Waals surface area (Å²) in [7, 11) is 0. The van der Waals surface area contributed by atoms with Crippen molar-refractivity contribution in [2.75, 3.05) is 5.75 Å². The summed E-state index contributed by atoms with van der Waals surface area (Å²) in [6, 6.07) is 3.23. The van der Waals surface area contributed by atoms with E-state index in [0.717, 1.165) is 5.75 Å². The molecule has 0 bridgehead atoms. The van der Waals surface area contributed by atoms with Gasteiger partial charge in [-0.3, -0.25) is 0 Å². The summed E-state index contributed by atoms with van der Waals surface area (Å²) in [4.78, 5) is 0. The molecule has 0 aliphatic carbocycles. The highest BCUT2D eigenvalue weighted by molar-refractivity contribution is 7.98. The zero-order valence-corrected chi connectivity index (χ0v) is 9.04. The molecule has 1 nitrogen and oxygen atoms in total. The summed E-state index contributed by atoms with van der Waals surface area (Å²) in [5.74, 6) is 1.07. The highest BCUT2D eigenvalue weighted by Gasteiger charge is 2.20. The first-order valence-corrected chi connectivity index (χ1v) is 5.96. The first-order valence-electron chi connectivity index (χ1n) is 4.42. The normalized spacial score (nSPS) is 21.5. The number of halogens is 2. The van der Waals surface area contributed by atoms with Gasteiger partial charge in [-0.05, 0) is 23.8 Å². The maximum absolute atomic E-state index is 13.6. The van der Waals surface area contributed by atoms with Crippen molar-refractivity contribution in [2.45, 2.75) is 18.3 Å². The van der Waals surface area contributed by atoms with Gasteiger partial charge in [0, 0.05) is 11.3 Å². The van der Waals surface area contributed by atoms with Gasteiger partial charge >= 0.3 is 0 Å². The van der Waals surface area contributed by atoms with E-state index in [9.17, 15) is 9.50 Å². The lowest BCUT2D eigenvalue weighted by Gasteiger charge is -2.12. The molecule has 0 saturated heterocycles. The van der Waals surface area contributed by atoms with E-state index in [2.05, 4.69) is 0 Å². The van der Waals surface area contributed by atoms with Crippen LogP contribution >= 0.6 is 23.4 Å². The van der Waals surface area contributed by atoms with E-state index in [1.807, 2.05) is 0 Å². The van der Waals surface area contributed by atoms with Gasteiger partial charge in [0.05, 0.1) is 11.1 Å². The van der Waals surface area contributed by atoms with E-state index in [4.69, 9.17) is 11.6 Å². The number of hydrogen-bond donors (Lipinski definition) is 1. The van der Waals surface area contributed by atoms with Crippen LogP contribution in [0.5, 0.6) is 0 Å². The lowest BCUT2D eigenvalue weighted by atomic mass is 10.0. The van der Waals surface area contributed by atoms with Crippen molar-refractivity contribution in [3.63, 3.8) is 0 Å². The van der Waals surface area contributed by atoms with Crippen LogP contribution < -0.4 is 0 Å². The third-order valence-corrected chi connectivity index (χ3v) is 3.68. The topological polar surface area (TPSA) is 20.2 Å². The second kappa shape index (κ2) is 4.09. The first kappa shape index (κ1) is 10.3. The Labute approximate surface area is 91.3 Å². The smallest absolute Gasteiger partial charge is 0.146 e. The van der Waals surface area contributed by atoms with E-state index in [1.54, 1.807) is 17.8 Å². The molecular weight excluding hydrogens is 223 g/mol. The van der Waals surface area contributed by atoms with Crippen LogP contribution in [-0.4, -0.2) is 10.9 Å². The number of aliphatic hydroxyl groups is 1. The third-order valence-electron chi connectivity index (χ3n) is 2.37. The van der Waals surface area contributed by atoms with Crippen LogP contribution in [0.25, 0.3) is 0 Å². The fraction of sp³-hybridized carbons (Fsp3) is 0.400. The van der Waals surface area contributed by atoms with Crippen LogP contribution in [0.3, 0.4) is 0 Å². The Morgan fingerprint density at radius 3 is 3.07 bits per heavy atom. The lowest BCUT2D eigenvalue weighted by Crippen LogP contribution is -2.01. The summed E-state index contributed by atoms with van der Waals surface area (Å²) in [5, 5.41) is 9.87. The molecule has 4 heteroatoms. The molecule has 1 aromatic carbocycles. The number of rotatable bonds is 0. The molecule has 2 rings (SSSR count). The second-order valence-corrected chi connectivity index (χ2v) is 4.80. The third kappa shape index (κ3) is 1.76. The molecule has 0 saturated carbocycles. The largest absolute Gasteiger partial charge is 0.388 e. The Morgan fingerprint density at radius 1 is 1.50 bits per heavy atom. The summed E-state index contributed by atoms with van der Waals surface area (Å²) < 4.78 is 13.6. The van der Waals surface area contributed by atoms with Gasteiger partial charge in [-0.15, -0.1) is 0 Å². The fourth-order valence-electron chi connectivity index (χ4n) is 1.59. The van der Waals surface area contributed by atoms with Crippen LogP contribution in [0.1, 0.15) is 23.7 Å². The minimum Gasteiger partial charge on any atom is -0.388 e. The predicted octanol–water partition coefficient (Wildman–Crippen LogP) is 3.15. The maximum atomic E-state index is 13.6. The number of aliphatic hydroxyl groups excluding tert-OH is 1. The molecule has 1 N–H and O–H groups in total. The molecule has 0 spiro atoms. The van der Waals surface area contributed by atoms with Crippen molar-refractivity contribution in [3.8, 4) is 0 Å². The van der Waals surface area contributed by atoms with Gasteiger partial charge in [-0.1, -0.05) is 17.7 Å². The van der Waals surface area contributed by atoms with Crippen LogP contribution in [-0.2, 0) is 5.75 Å². The molecule has 0 fully saturated rings. The summed E-state index contributed by atoms with van der Waals surface area (Å²) >= 11 is 7.31. The molecule has 14 heavy (non-hydrogen) atoms. The van der Waals surface area contributed by atoms with Crippen molar-refractivity contribution >= 4 is 23.4 Å². The van der Waals surface area contributed by atoms with Gasteiger partial charge < -0.3 is 5.11 Å². The van der Waals surface area contributed by atoms with Crippen molar-refractivity contribution < 1.29 is 9.50 Å². The van der Waals surface area contributed by atoms with Crippen molar-refractivity contribution in [3.05, 3.63) is 34.1 Å². The number of hydrogen-bond acceptors (Lipinski definition) is 2. The summed E-state index contributed by atoms with van der Waals surface area (Å²) in [6.45, 7) is 0. The molecule has 1 aliphatic rings. The van der Waals surface area contributed by atoms with Gasteiger partial charge in [0.15, 0.2) is 0 Å². The molecule has 1 aliphatic heterocycles. The van der Waals surface area contributed by atoms with Gasteiger partial charge in [-0.2, -0.15) is 11.8 Å². The van der Waals surface area contributed by atoms with E-state index < -0.39 is 6.10 Å². The highest BCUT2D eigenvalue weighted by atomic mass is 35.5. The Balaban J connectivity index is 2.53. The zero-order valence-electron chi connectivity index (χ0n) is 7.46. The SMILES string of the molecule is O[C@@H]1CCSCc2c1ccc(Cl)c2F. The minimum absolute atomic E-state index is 0.137. The monoisotopic (exact) mass is 232 g/mol. The van der Waals surface area contributed by atoms with Crippen LogP contribution in [0.2, 0.25) is 5.02 Å². The molecular formula is C10H10ClFOS. The molecule has 1 atom stereocenters. The number of thioether (sulfide) groups is 1. The summed E-state index contributed by atoms with van der Waals surface area (Å²) in [6.07, 6.45) is 0.130. The van der Waals surface area contributed by atoms with Crippen molar-refractivity contribution in [2.24, 2.45) is 0 Å².